The van der Waals surface area contributed by atoms with Gasteiger partial charge in [0.2, 0.25) is 0 Å². The van der Waals surface area contributed by atoms with Crippen LogP contribution in [0, 0.1) is 6.92 Å². The van der Waals surface area contributed by atoms with E-state index in [9.17, 15) is 0 Å². The first-order chi connectivity index (χ1) is 8.83. The van der Waals surface area contributed by atoms with E-state index in [0.29, 0.717) is 6.04 Å². The lowest BCUT2D eigenvalue weighted by Gasteiger charge is -2.36. The molecule has 1 N–H and O–H groups in total. The third kappa shape index (κ3) is 3.33. The van der Waals surface area contributed by atoms with Crippen LogP contribution < -0.4 is 5.32 Å². The number of benzene rings is 1. The lowest BCUT2D eigenvalue weighted by Crippen LogP contribution is -2.45. The molecule has 1 aliphatic rings. The summed E-state index contributed by atoms with van der Waals surface area (Å²) >= 11 is 0. The van der Waals surface area contributed by atoms with Crippen molar-refractivity contribution in [2.24, 2.45) is 0 Å². The third-order valence-electron chi connectivity index (χ3n) is 3.97. The Morgan fingerprint density at radius 2 is 1.94 bits per heavy atom. The van der Waals surface area contributed by atoms with Crippen molar-refractivity contribution in [3.05, 3.63) is 35.4 Å². The Morgan fingerprint density at radius 3 is 2.61 bits per heavy atom. The van der Waals surface area contributed by atoms with Crippen molar-refractivity contribution >= 4 is 0 Å². The molecule has 1 atom stereocenters. The Labute approximate surface area is 111 Å². The van der Waals surface area contributed by atoms with Crippen LogP contribution in [0.5, 0.6) is 0 Å². The van der Waals surface area contributed by atoms with Crippen LogP contribution in [0.4, 0.5) is 0 Å². The zero-order chi connectivity index (χ0) is 12.8. The van der Waals surface area contributed by atoms with E-state index in [1.54, 1.807) is 0 Å². The molecule has 2 heteroatoms. The van der Waals surface area contributed by atoms with Crippen molar-refractivity contribution < 1.29 is 0 Å². The van der Waals surface area contributed by atoms with Crippen molar-refractivity contribution in [3.8, 4) is 0 Å². The predicted molar refractivity (Wildman–Crippen MR) is 77.9 cm³/mol. The van der Waals surface area contributed by atoms with Gasteiger partial charge in [-0.05, 0) is 24.5 Å². The van der Waals surface area contributed by atoms with E-state index >= 15 is 0 Å². The number of unbranched alkanes of at least 4 members (excludes halogenated alkanes) is 1. The van der Waals surface area contributed by atoms with Gasteiger partial charge in [-0.1, -0.05) is 44.0 Å². The number of rotatable bonds is 5. The summed E-state index contributed by atoms with van der Waals surface area (Å²) in [5.41, 5.74) is 2.98. The first kappa shape index (κ1) is 13.6. The normalized spacial score (nSPS) is 18.8. The molecule has 1 aromatic rings. The monoisotopic (exact) mass is 246 g/mol. The van der Waals surface area contributed by atoms with Gasteiger partial charge in [0.25, 0.3) is 0 Å². The minimum absolute atomic E-state index is 0.619. The van der Waals surface area contributed by atoms with Gasteiger partial charge in [-0.15, -0.1) is 0 Å². The highest BCUT2D eigenvalue weighted by atomic mass is 15.2. The fourth-order valence-corrected chi connectivity index (χ4v) is 2.89. The number of nitrogens with one attached hydrogen (secondary N) is 1. The Bertz CT molecular complexity index is 356. The maximum absolute atomic E-state index is 3.45. The van der Waals surface area contributed by atoms with E-state index in [4.69, 9.17) is 0 Å². The van der Waals surface area contributed by atoms with Crippen LogP contribution in [0.25, 0.3) is 0 Å². The van der Waals surface area contributed by atoms with Crippen molar-refractivity contribution in [2.45, 2.75) is 39.2 Å². The summed E-state index contributed by atoms with van der Waals surface area (Å²) in [4.78, 5) is 2.66. The molecule has 1 saturated heterocycles. The molecule has 1 aliphatic heterocycles. The molecule has 0 bridgehead atoms. The molecular formula is C16H26N2. The minimum atomic E-state index is 0.619. The molecule has 0 spiro atoms. The number of hydrogen-bond donors (Lipinski definition) is 1. The first-order valence-corrected chi connectivity index (χ1v) is 7.33. The minimum Gasteiger partial charge on any atom is -0.314 e. The largest absolute Gasteiger partial charge is 0.314 e. The Hall–Kier alpha value is -0.860. The maximum atomic E-state index is 3.45. The molecule has 0 radical (unpaired) electrons. The van der Waals surface area contributed by atoms with E-state index in [-0.39, 0.29) is 0 Å². The number of piperazine rings is 1. The van der Waals surface area contributed by atoms with Crippen molar-refractivity contribution in [1.82, 2.24) is 10.2 Å². The molecule has 0 unspecified atom stereocenters. The van der Waals surface area contributed by atoms with Crippen molar-refractivity contribution in [1.29, 1.82) is 0 Å². The summed E-state index contributed by atoms with van der Waals surface area (Å²) in [6, 6.07) is 9.51. The molecule has 2 nitrogen and oxygen atoms in total. The van der Waals surface area contributed by atoms with Gasteiger partial charge in [0.05, 0.1) is 0 Å². The highest BCUT2D eigenvalue weighted by Crippen LogP contribution is 2.28. The van der Waals surface area contributed by atoms with Crippen molar-refractivity contribution in [2.75, 3.05) is 26.2 Å². The van der Waals surface area contributed by atoms with Gasteiger partial charge in [0, 0.05) is 32.2 Å². The predicted octanol–water partition coefficient (Wildman–Crippen LogP) is 3.13. The SMILES string of the molecule is CCCC[C@H](c1ccccc1C)N1CCNCC1. The van der Waals surface area contributed by atoms with E-state index in [2.05, 4.69) is 48.3 Å². The first-order valence-electron chi connectivity index (χ1n) is 7.33. The standard InChI is InChI=1S/C16H26N2/c1-3-4-9-16(18-12-10-17-11-13-18)15-8-6-5-7-14(15)2/h5-8,16-17H,3-4,9-13H2,1-2H3/t16-/m1/s1. The Morgan fingerprint density at radius 1 is 1.22 bits per heavy atom. The summed E-state index contributed by atoms with van der Waals surface area (Å²) in [6.07, 6.45) is 3.90. The van der Waals surface area contributed by atoms with Crippen LogP contribution in [-0.4, -0.2) is 31.1 Å². The fraction of sp³-hybridized carbons (Fsp3) is 0.625. The number of nitrogens with zero attached hydrogens (tertiary/aromatic N) is 1. The van der Waals surface area contributed by atoms with Crippen LogP contribution in [-0.2, 0) is 0 Å². The highest BCUT2D eigenvalue weighted by molar-refractivity contribution is 5.28. The quantitative estimate of drug-likeness (QED) is 0.858. The lowest BCUT2D eigenvalue weighted by molar-refractivity contribution is 0.162. The molecule has 0 aliphatic carbocycles. The smallest absolute Gasteiger partial charge is 0.0351 e. The summed E-state index contributed by atoms with van der Waals surface area (Å²) in [5, 5.41) is 3.45. The van der Waals surface area contributed by atoms with Crippen LogP contribution in [0.15, 0.2) is 24.3 Å². The van der Waals surface area contributed by atoms with Crippen LogP contribution in [0.1, 0.15) is 43.4 Å². The van der Waals surface area contributed by atoms with E-state index in [1.165, 1.54) is 43.5 Å². The number of aryl methyl sites for hydroxylation is 1. The van der Waals surface area contributed by atoms with Crippen LogP contribution in [0.3, 0.4) is 0 Å². The van der Waals surface area contributed by atoms with Gasteiger partial charge in [-0.25, -0.2) is 0 Å². The molecule has 0 aromatic heterocycles. The van der Waals surface area contributed by atoms with E-state index in [1.807, 2.05) is 0 Å². The van der Waals surface area contributed by atoms with E-state index < -0.39 is 0 Å². The van der Waals surface area contributed by atoms with Gasteiger partial charge in [-0.3, -0.25) is 4.90 Å². The number of hydrogen-bond acceptors (Lipinski definition) is 2. The van der Waals surface area contributed by atoms with Gasteiger partial charge in [-0.2, -0.15) is 0 Å². The van der Waals surface area contributed by atoms with Gasteiger partial charge in [0.15, 0.2) is 0 Å². The zero-order valence-corrected chi connectivity index (χ0v) is 11.8. The molecule has 100 valence electrons. The van der Waals surface area contributed by atoms with Crippen LogP contribution in [0.2, 0.25) is 0 Å². The van der Waals surface area contributed by atoms with E-state index in [0.717, 1.165) is 13.1 Å². The fourth-order valence-electron chi connectivity index (χ4n) is 2.89. The van der Waals surface area contributed by atoms with Gasteiger partial charge >= 0.3 is 0 Å². The summed E-state index contributed by atoms with van der Waals surface area (Å²) in [5.74, 6) is 0. The van der Waals surface area contributed by atoms with Gasteiger partial charge < -0.3 is 5.32 Å². The Kier molecular flexibility index (Phi) is 5.21. The van der Waals surface area contributed by atoms with Crippen LogP contribution >= 0.6 is 0 Å². The topological polar surface area (TPSA) is 15.3 Å². The summed E-state index contributed by atoms with van der Waals surface area (Å²) in [6.45, 7) is 9.16. The lowest BCUT2D eigenvalue weighted by atomic mass is 9.95. The highest BCUT2D eigenvalue weighted by Gasteiger charge is 2.22. The zero-order valence-electron chi connectivity index (χ0n) is 11.8. The average molecular weight is 246 g/mol. The average Bonchev–Trinajstić information content (AvgIpc) is 2.42. The van der Waals surface area contributed by atoms with Gasteiger partial charge in [0.1, 0.15) is 0 Å². The van der Waals surface area contributed by atoms with Crippen molar-refractivity contribution in [3.63, 3.8) is 0 Å². The molecule has 1 aromatic carbocycles. The second kappa shape index (κ2) is 6.91. The molecule has 1 heterocycles. The Balaban J connectivity index is 2.15. The molecule has 1 fully saturated rings. The molecular weight excluding hydrogens is 220 g/mol. The molecule has 0 saturated carbocycles. The third-order valence-corrected chi connectivity index (χ3v) is 3.97. The molecule has 18 heavy (non-hydrogen) atoms. The maximum Gasteiger partial charge on any atom is 0.0351 e. The molecule has 2 rings (SSSR count). The summed E-state index contributed by atoms with van der Waals surface area (Å²) in [7, 11) is 0. The molecule has 0 amide bonds. The second-order valence-corrected chi connectivity index (χ2v) is 5.30. The second-order valence-electron chi connectivity index (χ2n) is 5.30. The summed E-state index contributed by atoms with van der Waals surface area (Å²) < 4.78 is 0.